The molecule has 2 unspecified atom stereocenters. The van der Waals surface area contributed by atoms with Crippen molar-refractivity contribution in [3.63, 3.8) is 0 Å². The Morgan fingerprint density at radius 3 is 2.55 bits per heavy atom. The maximum absolute atomic E-state index is 4.81. The van der Waals surface area contributed by atoms with Crippen LogP contribution in [0.2, 0.25) is 0 Å². The average molecular weight is 273 g/mol. The van der Waals surface area contributed by atoms with Gasteiger partial charge in [-0.3, -0.25) is 0 Å². The summed E-state index contributed by atoms with van der Waals surface area (Å²) in [5, 5.41) is 3.51. The van der Waals surface area contributed by atoms with E-state index in [1.54, 1.807) is 0 Å². The Balaban J connectivity index is 2.52. The van der Waals surface area contributed by atoms with Crippen molar-refractivity contribution in [3.8, 4) is 0 Å². The molecule has 1 aromatic heterocycles. The number of fused-ring (bicyclic) bond motifs is 1. The van der Waals surface area contributed by atoms with E-state index >= 15 is 0 Å². The van der Waals surface area contributed by atoms with E-state index in [2.05, 4.69) is 62.0 Å². The number of aromatic nitrogens is 2. The van der Waals surface area contributed by atoms with Crippen molar-refractivity contribution < 1.29 is 0 Å². The number of para-hydroxylation sites is 2. The van der Waals surface area contributed by atoms with Gasteiger partial charge in [-0.1, -0.05) is 39.3 Å². The van der Waals surface area contributed by atoms with E-state index in [0.717, 1.165) is 18.4 Å². The zero-order valence-electron chi connectivity index (χ0n) is 13.2. The second-order valence-corrected chi connectivity index (χ2v) is 5.40. The third kappa shape index (κ3) is 2.73. The molecule has 0 spiro atoms. The minimum Gasteiger partial charge on any atom is -0.323 e. The van der Waals surface area contributed by atoms with E-state index in [0.29, 0.717) is 12.1 Å². The summed E-state index contributed by atoms with van der Waals surface area (Å²) >= 11 is 0. The molecule has 0 aliphatic heterocycles. The summed E-state index contributed by atoms with van der Waals surface area (Å²) in [6.45, 7) is 6.72. The Bertz CT molecular complexity index is 544. The lowest BCUT2D eigenvalue weighted by Gasteiger charge is -2.29. The highest BCUT2D eigenvalue weighted by Crippen LogP contribution is 2.27. The Labute approximate surface area is 122 Å². The van der Waals surface area contributed by atoms with Crippen molar-refractivity contribution in [2.24, 2.45) is 0 Å². The molecule has 110 valence electrons. The Morgan fingerprint density at radius 1 is 1.20 bits per heavy atom. The number of aryl methyl sites for hydroxylation is 1. The molecule has 1 N–H and O–H groups in total. The maximum Gasteiger partial charge on any atom is 0.109 e. The van der Waals surface area contributed by atoms with E-state index < -0.39 is 0 Å². The minimum atomic E-state index is 0.474. The Hall–Kier alpha value is -1.35. The molecule has 3 nitrogen and oxygen atoms in total. The van der Waals surface area contributed by atoms with Crippen LogP contribution >= 0.6 is 0 Å². The van der Waals surface area contributed by atoms with E-state index in [1.165, 1.54) is 24.2 Å². The van der Waals surface area contributed by atoms with Gasteiger partial charge in [0.25, 0.3) is 0 Å². The van der Waals surface area contributed by atoms with Gasteiger partial charge in [-0.05, 0) is 32.0 Å². The molecule has 0 aliphatic rings. The first-order valence-electron chi connectivity index (χ1n) is 7.89. The van der Waals surface area contributed by atoms with Crippen LogP contribution in [0.15, 0.2) is 24.3 Å². The number of rotatable bonds is 7. The van der Waals surface area contributed by atoms with Crippen LogP contribution in [0.5, 0.6) is 0 Å². The van der Waals surface area contributed by atoms with Gasteiger partial charge in [-0.25, -0.2) is 4.98 Å². The fraction of sp³-hybridized carbons (Fsp3) is 0.588. The van der Waals surface area contributed by atoms with Crippen molar-refractivity contribution in [2.45, 2.75) is 58.5 Å². The van der Waals surface area contributed by atoms with Crippen molar-refractivity contribution in [2.75, 3.05) is 7.05 Å². The first-order valence-corrected chi connectivity index (χ1v) is 7.89. The molecule has 1 aromatic carbocycles. The standard InChI is InChI=1S/C17H27N3/c1-5-10-13(18-4)15(6-2)20-16-12-9-8-11-14(16)19-17(20)7-3/h8-9,11-13,15,18H,5-7,10H2,1-4H3. The van der Waals surface area contributed by atoms with E-state index in [1.807, 2.05) is 0 Å². The van der Waals surface area contributed by atoms with Crippen molar-refractivity contribution >= 4 is 11.0 Å². The van der Waals surface area contributed by atoms with Crippen LogP contribution in [-0.2, 0) is 6.42 Å². The lowest BCUT2D eigenvalue weighted by molar-refractivity contribution is 0.336. The lowest BCUT2D eigenvalue weighted by atomic mass is 10.00. The smallest absolute Gasteiger partial charge is 0.109 e. The highest BCUT2D eigenvalue weighted by atomic mass is 15.1. The first-order chi connectivity index (χ1) is 9.76. The molecule has 2 atom stereocenters. The highest BCUT2D eigenvalue weighted by molar-refractivity contribution is 5.76. The summed E-state index contributed by atoms with van der Waals surface area (Å²) in [5.74, 6) is 1.20. The van der Waals surface area contributed by atoms with Gasteiger partial charge in [0, 0.05) is 12.5 Å². The SMILES string of the molecule is CCCC(NC)C(CC)n1c(CC)nc2ccccc21. The van der Waals surface area contributed by atoms with Crippen molar-refractivity contribution in [1.82, 2.24) is 14.9 Å². The molecular formula is C17H27N3. The van der Waals surface area contributed by atoms with E-state index in [9.17, 15) is 0 Å². The molecule has 0 aliphatic carbocycles. The summed E-state index contributed by atoms with van der Waals surface area (Å²) in [6, 6.07) is 9.48. The molecule has 20 heavy (non-hydrogen) atoms. The molecule has 3 heteroatoms. The molecule has 1 heterocycles. The van der Waals surface area contributed by atoms with Gasteiger partial charge in [-0.15, -0.1) is 0 Å². The number of hydrogen-bond donors (Lipinski definition) is 1. The van der Waals surface area contributed by atoms with Gasteiger partial charge < -0.3 is 9.88 Å². The highest BCUT2D eigenvalue weighted by Gasteiger charge is 2.23. The van der Waals surface area contributed by atoms with E-state index in [-0.39, 0.29) is 0 Å². The first kappa shape index (κ1) is 15.0. The summed E-state index contributed by atoms with van der Waals surface area (Å²) in [4.78, 5) is 4.81. The van der Waals surface area contributed by atoms with Gasteiger partial charge in [0.05, 0.1) is 17.1 Å². The van der Waals surface area contributed by atoms with Crippen LogP contribution in [0.3, 0.4) is 0 Å². The van der Waals surface area contributed by atoms with E-state index in [4.69, 9.17) is 4.98 Å². The second-order valence-electron chi connectivity index (χ2n) is 5.40. The summed E-state index contributed by atoms with van der Waals surface area (Å²) in [5.41, 5.74) is 2.39. The predicted molar refractivity (Wildman–Crippen MR) is 86.2 cm³/mol. The molecule has 0 fully saturated rings. The quantitative estimate of drug-likeness (QED) is 0.828. The maximum atomic E-state index is 4.81. The van der Waals surface area contributed by atoms with Crippen LogP contribution < -0.4 is 5.32 Å². The van der Waals surface area contributed by atoms with Gasteiger partial charge >= 0.3 is 0 Å². The normalized spacial score (nSPS) is 14.6. The number of hydrogen-bond acceptors (Lipinski definition) is 2. The van der Waals surface area contributed by atoms with Gasteiger partial charge in [0.15, 0.2) is 0 Å². The van der Waals surface area contributed by atoms with Crippen LogP contribution in [-0.4, -0.2) is 22.6 Å². The molecule has 2 aromatic rings. The van der Waals surface area contributed by atoms with Crippen LogP contribution in [0.1, 0.15) is 51.9 Å². The van der Waals surface area contributed by atoms with Gasteiger partial charge in [0.2, 0.25) is 0 Å². The monoisotopic (exact) mass is 273 g/mol. The predicted octanol–water partition coefficient (Wildman–Crippen LogP) is 3.94. The third-order valence-electron chi connectivity index (χ3n) is 4.17. The number of nitrogens with one attached hydrogen (secondary N) is 1. The molecule has 0 amide bonds. The summed E-state index contributed by atoms with van der Waals surface area (Å²) < 4.78 is 2.46. The molecule has 0 saturated heterocycles. The van der Waals surface area contributed by atoms with Crippen LogP contribution in [0, 0.1) is 0 Å². The number of nitrogens with zero attached hydrogens (tertiary/aromatic N) is 2. The molecule has 0 saturated carbocycles. The fourth-order valence-corrected chi connectivity index (χ4v) is 3.20. The molecule has 2 rings (SSSR count). The van der Waals surface area contributed by atoms with Gasteiger partial charge in [-0.2, -0.15) is 0 Å². The Morgan fingerprint density at radius 2 is 1.95 bits per heavy atom. The van der Waals surface area contributed by atoms with Gasteiger partial charge in [0.1, 0.15) is 5.82 Å². The summed E-state index contributed by atoms with van der Waals surface area (Å²) in [6.07, 6.45) is 4.51. The molecule has 0 bridgehead atoms. The zero-order valence-corrected chi connectivity index (χ0v) is 13.2. The summed E-state index contributed by atoms with van der Waals surface area (Å²) in [7, 11) is 2.08. The van der Waals surface area contributed by atoms with Crippen LogP contribution in [0.4, 0.5) is 0 Å². The number of benzene rings is 1. The topological polar surface area (TPSA) is 29.9 Å². The molecular weight excluding hydrogens is 246 g/mol. The minimum absolute atomic E-state index is 0.474. The van der Waals surface area contributed by atoms with Crippen LogP contribution in [0.25, 0.3) is 11.0 Å². The number of likely N-dealkylation sites (N-methyl/N-ethyl adjacent to an activating group) is 1. The van der Waals surface area contributed by atoms with Crippen molar-refractivity contribution in [1.29, 1.82) is 0 Å². The Kier molecular flexibility index (Phi) is 5.18. The second kappa shape index (κ2) is 6.89. The van der Waals surface area contributed by atoms with Crippen molar-refractivity contribution in [3.05, 3.63) is 30.1 Å². The third-order valence-corrected chi connectivity index (χ3v) is 4.17. The number of imidazole rings is 1. The molecule has 0 radical (unpaired) electrons. The average Bonchev–Trinajstić information content (AvgIpc) is 2.86. The zero-order chi connectivity index (χ0) is 14.5. The lowest BCUT2D eigenvalue weighted by Crippen LogP contribution is -2.35. The largest absolute Gasteiger partial charge is 0.323 e. The fourth-order valence-electron chi connectivity index (χ4n) is 3.20.